The van der Waals surface area contributed by atoms with Gasteiger partial charge in [-0.3, -0.25) is 9.59 Å². The van der Waals surface area contributed by atoms with Crippen LogP contribution in [0.4, 0.5) is 27.8 Å². The molecule has 2 amide bonds. The number of carbonyl (C=O) groups excluding carboxylic acids is 2. The lowest BCUT2D eigenvalue weighted by atomic mass is 10.1. The van der Waals surface area contributed by atoms with Crippen LogP contribution in [0.1, 0.15) is 38.1 Å². The van der Waals surface area contributed by atoms with Gasteiger partial charge >= 0.3 is 0 Å². The number of hydrogen-bond acceptors (Lipinski definition) is 6. The highest BCUT2D eigenvalue weighted by Gasteiger charge is 2.27. The van der Waals surface area contributed by atoms with Gasteiger partial charge in [-0.2, -0.15) is 0 Å². The van der Waals surface area contributed by atoms with Crippen LogP contribution >= 0.6 is 27.3 Å². The van der Waals surface area contributed by atoms with Crippen molar-refractivity contribution in [3.05, 3.63) is 92.8 Å². The Morgan fingerprint density at radius 2 is 1.65 bits per heavy atom. The lowest BCUT2D eigenvalue weighted by Gasteiger charge is -2.13. The molecule has 4 rings (SSSR count). The van der Waals surface area contributed by atoms with Crippen molar-refractivity contribution in [2.75, 3.05) is 28.3 Å². The number of nitrogens with one attached hydrogen (secondary N) is 3. The van der Waals surface area contributed by atoms with Crippen LogP contribution in [-0.2, 0) is 0 Å². The number of anilines is 5. The Bertz CT molecular complexity index is 1470. The number of rotatable bonds is 8. The predicted octanol–water partition coefficient (Wildman–Crippen LogP) is 7.36. The molecule has 5 N–H and O–H groups in total. The lowest BCUT2D eigenvalue weighted by Crippen LogP contribution is -2.17. The molecule has 0 saturated carbocycles. The third-order valence-electron chi connectivity index (χ3n) is 5.46. The van der Waals surface area contributed by atoms with Gasteiger partial charge in [0, 0.05) is 10.2 Å². The van der Waals surface area contributed by atoms with Crippen molar-refractivity contribution < 1.29 is 14.3 Å². The quantitative estimate of drug-likeness (QED) is 0.175. The highest BCUT2D eigenvalue weighted by atomic mass is 79.9. The molecular weight excluding hydrogens is 552 g/mol. The average molecular weight is 580 g/mol. The van der Waals surface area contributed by atoms with Crippen molar-refractivity contribution in [1.82, 2.24) is 0 Å². The van der Waals surface area contributed by atoms with Gasteiger partial charge < -0.3 is 26.4 Å². The first-order chi connectivity index (χ1) is 17.8. The van der Waals surface area contributed by atoms with Crippen LogP contribution in [0.15, 0.2) is 71.2 Å². The lowest BCUT2D eigenvalue weighted by molar-refractivity contribution is 0.102. The molecule has 0 bridgehead atoms. The minimum atomic E-state index is -0.452. The number of halogens is 1. The summed E-state index contributed by atoms with van der Waals surface area (Å²) in [6.45, 7) is 6.26. The molecule has 7 nitrogen and oxygen atoms in total. The standard InChI is InChI=1S/C28H27BrN4O3S/c1-4-36-22-11-6-5-10-21(22)33-26(34)23-24(30)25(27(35)32-20-13-12-17(3)15-19(20)29)37-28(23)31-18-9-7-8-16(2)14-18/h5-15,31H,4,30H2,1-3H3,(H,32,35)(H,33,34). The van der Waals surface area contributed by atoms with E-state index in [1.54, 1.807) is 18.2 Å². The normalized spacial score (nSPS) is 10.6. The van der Waals surface area contributed by atoms with Gasteiger partial charge in [0.2, 0.25) is 0 Å². The van der Waals surface area contributed by atoms with Crippen LogP contribution in [0.5, 0.6) is 5.75 Å². The van der Waals surface area contributed by atoms with Gasteiger partial charge in [-0.05, 0) is 84.2 Å². The van der Waals surface area contributed by atoms with E-state index < -0.39 is 11.8 Å². The number of nitrogens with two attached hydrogens (primary N) is 1. The number of aryl methyl sites for hydroxylation is 2. The molecule has 1 aromatic heterocycles. The molecule has 0 spiro atoms. The molecule has 0 aliphatic heterocycles. The van der Waals surface area contributed by atoms with E-state index in [9.17, 15) is 9.59 Å². The Labute approximate surface area is 228 Å². The molecule has 3 aromatic carbocycles. The molecule has 0 fully saturated rings. The molecule has 0 unspecified atom stereocenters. The smallest absolute Gasteiger partial charge is 0.267 e. The van der Waals surface area contributed by atoms with E-state index in [4.69, 9.17) is 10.5 Å². The van der Waals surface area contributed by atoms with Crippen LogP contribution in [0.25, 0.3) is 0 Å². The second-order valence-electron chi connectivity index (χ2n) is 8.36. The SMILES string of the molecule is CCOc1ccccc1NC(=O)c1c(Nc2cccc(C)c2)sc(C(=O)Nc2ccc(C)cc2Br)c1N. The number of thiophene rings is 1. The molecule has 0 atom stereocenters. The number of hydrogen-bond donors (Lipinski definition) is 4. The van der Waals surface area contributed by atoms with Gasteiger partial charge in [-0.25, -0.2) is 0 Å². The first-order valence-electron chi connectivity index (χ1n) is 11.6. The van der Waals surface area contributed by atoms with Crippen LogP contribution in [0.3, 0.4) is 0 Å². The maximum absolute atomic E-state index is 13.5. The first kappa shape index (κ1) is 26.2. The number of nitrogen functional groups attached to an aromatic ring is 1. The van der Waals surface area contributed by atoms with Gasteiger partial charge in [-0.15, -0.1) is 11.3 Å². The summed E-state index contributed by atoms with van der Waals surface area (Å²) in [5.74, 6) is -0.317. The number of benzene rings is 3. The van der Waals surface area contributed by atoms with Gasteiger partial charge in [-0.1, -0.05) is 30.3 Å². The second kappa shape index (κ2) is 11.5. The summed E-state index contributed by atoms with van der Waals surface area (Å²) in [4.78, 5) is 27.0. The summed E-state index contributed by atoms with van der Waals surface area (Å²) >= 11 is 4.61. The second-order valence-corrected chi connectivity index (χ2v) is 10.2. The van der Waals surface area contributed by atoms with Crippen molar-refractivity contribution in [2.45, 2.75) is 20.8 Å². The van der Waals surface area contributed by atoms with E-state index in [0.29, 0.717) is 28.7 Å². The van der Waals surface area contributed by atoms with E-state index in [2.05, 4.69) is 31.9 Å². The molecule has 37 heavy (non-hydrogen) atoms. The molecular formula is C28H27BrN4O3S. The number of para-hydroxylation sites is 2. The largest absolute Gasteiger partial charge is 0.492 e. The monoisotopic (exact) mass is 578 g/mol. The molecule has 9 heteroatoms. The first-order valence-corrected chi connectivity index (χ1v) is 13.2. The zero-order chi connectivity index (χ0) is 26.5. The summed E-state index contributed by atoms with van der Waals surface area (Å²) in [5.41, 5.74) is 10.7. The summed E-state index contributed by atoms with van der Waals surface area (Å²) in [5, 5.41) is 9.52. The van der Waals surface area contributed by atoms with Crippen LogP contribution < -0.4 is 26.4 Å². The Kier molecular flexibility index (Phi) is 8.15. The summed E-state index contributed by atoms with van der Waals surface area (Å²) in [6, 6.07) is 20.5. The van der Waals surface area contributed by atoms with Crippen molar-refractivity contribution >= 4 is 66.8 Å². The maximum Gasteiger partial charge on any atom is 0.267 e. The minimum Gasteiger partial charge on any atom is -0.492 e. The highest BCUT2D eigenvalue weighted by molar-refractivity contribution is 9.10. The van der Waals surface area contributed by atoms with E-state index in [1.165, 1.54) is 0 Å². The minimum absolute atomic E-state index is 0.0901. The summed E-state index contributed by atoms with van der Waals surface area (Å²) in [6.07, 6.45) is 0. The van der Waals surface area contributed by atoms with Crippen LogP contribution in [0.2, 0.25) is 0 Å². The molecule has 0 saturated heterocycles. The van der Waals surface area contributed by atoms with E-state index >= 15 is 0 Å². The Morgan fingerprint density at radius 3 is 2.38 bits per heavy atom. The van der Waals surface area contributed by atoms with Crippen molar-refractivity contribution in [2.24, 2.45) is 0 Å². The third-order valence-corrected chi connectivity index (χ3v) is 7.24. The molecule has 0 aliphatic carbocycles. The topological polar surface area (TPSA) is 105 Å². The predicted molar refractivity (Wildman–Crippen MR) is 156 cm³/mol. The van der Waals surface area contributed by atoms with Crippen molar-refractivity contribution in [3.8, 4) is 5.75 Å². The van der Waals surface area contributed by atoms with E-state index in [0.717, 1.165) is 32.6 Å². The van der Waals surface area contributed by atoms with Gasteiger partial charge in [0.1, 0.15) is 15.6 Å². The average Bonchev–Trinajstić information content (AvgIpc) is 3.18. The fourth-order valence-electron chi connectivity index (χ4n) is 3.72. The third kappa shape index (κ3) is 6.12. The van der Waals surface area contributed by atoms with Gasteiger partial charge in [0.25, 0.3) is 11.8 Å². The van der Waals surface area contributed by atoms with Crippen molar-refractivity contribution in [1.29, 1.82) is 0 Å². The molecule has 0 radical (unpaired) electrons. The fourth-order valence-corrected chi connectivity index (χ4v) is 5.34. The van der Waals surface area contributed by atoms with E-state index in [-0.39, 0.29) is 16.1 Å². The number of amides is 2. The van der Waals surface area contributed by atoms with Crippen LogP contribution in [-0.4, -0.2) is 18.4 Å². The Morgan fingerprint density at radius 1 is 0.919 bits per heavy atom. The Hall–Kier alpha value is -3.82. The van der Waals surface area contributed by atoms with Gasteiger partial charge in [0.15, 0.2) is 0 Å². The summed E-state index contributed by atoms with van der Waals surface area (Å²) in [7, 11) is 0. The zero-order valence-corrected chi connectivity index (χ0v) is 23.0. The molecule has 0 aliphatic rings. The molecule has 190 valence electrons. The number of ether oxygens (including phenoxy) is 1. The Balaban J connectivity index is 1.71. The maximum atomic E-state index is 13.5. The van der Waals surface area contributed by atoms with Crippen molar-refractivity contribution in [3.63, 3.8) is 0 Å². The molecule has 1 heterocycles. The highest BCUT2D eigenvalue weighted by Crippen LogP contribution is 2.39. The number of carbonyl (C=O) groups is 2. The van der Waals surface area contributed by atoms with Crippen LogP contribution in [0, 0.1) is 13.8 Å². The van der Waals surface area contributed by atoms with E-state index in [1.807, 2.05) is 69.3 Å². The zero-order valence-electron chi connectivity index (χ0n) is 20.6. The molecule has 4 aromatic rings. The summed E-state index contributed by atoms with van der Waals surface area (Å²) < 4.78 is 6.39. The van der Waals surface area contributed by atoms with Gasteiger partial charge in [0.05, 0.1) is 29.2 Å². The fraction of sp³-hybridized carbons (Fsp3) is 0.143.